The molecule has 3 aromatic rings. The van der Waals surface area contributed by atoms with Crippen LogP contribution in [0.4, 0.5) is 4.39 Å². The highest BCUT2D eigenvalue weighted by molar-refractivity contribution is 7.20. The smallest absolute Gasteiger partial charge is 0.348 e. The van der Waals surface area contributed by atoms with E-state index >= 15 is 0 Å². The van der Waals surface area contributed by atoms with Crippen molar-refractivity contribution in [1.29, 1.82) is 0 Å². The first-order chi connectivity index (χ1) is 13.5. The maximum Gasteiger partial charge on any atom is 0.348 e. The molecule has 0 bridgehead atoms. The van der Waals surface area contributed by atoms with Crippen molar-refractivity contribution in [3.63, 3.8) is 0 Å². The molecule has 2 aromatic heterocycles. The highest BCUT2D eigenvalue weighted by atomic mass is 32.1. The summed E-state index contributed by atoms with van der Waals surface area (Å²) in [7, 11) is 1.32. The Morgan fingerprint density at radius 3 is 2.68 bits per heavy atom. The van der Waals surface area contributed by atoms with Crippen molar-refractivity contribution < 1.29 is 13.9 Å². The van der Waals surface area contributed by atoms with Crippen molar-refractivity contribution >= 4 is 27.5 Å². The first-order valence-corrected chi connectivity index (χ1v) is 9.87. The molecule has 0 saturated heterocycles. The summed E-state index contributed by atoms with van der Waals surface area (Å²) in [6, 6.07) is 6.89. The molecule has 1 aliphatic rings. The van der Waals surface area contributed by atoms with Crippen LogP contribution in [0, 0.1) is 12.7 Å². The third-order valence-electron chi connectivity index (χ3n) is 4.94. The maximum absolute atomic E-state index is 13.2. The number of hydrogen-bond donors (Lipinski definition) is 1. The number of aromatic amines is 1. The Bertz CT molecular complexity index is 1090. The topological polar surface area (TPSA) is 75.3 Å². The quantitative estimate of drug-likeness (QED) is 0.641. The molecule has 28 heavy (non-hydrogen) atoms. The number of esters is 1. The van der Waals surface area contributed by atoms with E-state index in [1.807, 2.05) is 0 Å². The summed E-state index contributed by atoms with van der Waals surface area (Å²) in [5.41, 5.74) is 1.36. The van der Waals surface area contributed by atoms with E-state index in [4.69, 9.17) is 4.74 Å². The molecule has 0 spiro atoms. The minimum atomic E-state index is -0.461. The lowest BCUT2D eigenvalue weighted by molar-refractivity contribution is 0.0605. The Balaban J connectivity index is 1.63. The van der Waals surface area contributed by atoms with Crippen LogP contribution in [-0.2, 0) is 17.8 Å². The highest BCUT2D eigenvalue weighted by Gasteiger charge is 2.30. The van der Waals surface area contributed by atoms with Crippen molar-refractivity contribution in [3.8, 4) is 0 Å². The molecule has 8 heteroatoms. The summed E-state index contributed by atoms with van der Waals surface area (Å²) in [6.45, 7) is 2.87. The Morgan fingerprint density at radius 1 is 1.32 bits per heavy atom. The van der Waals surface area contributed by atoms with Crippen LogP contribution in [0.2, 0.25) is 0 Å². The molecule has 1 aromatic carbocycles. The van der Waals surface area contributed by atoms with Crippen LogP contribution in [0.1, 0.15) is 39.5 Å². The van der Waals surface area contributed by atoms with E-state index < -0.39 is 5.97 Å². The van der Waals surface area contributed by atoms with Gasteiger partial charge in [-0.25, -0.2) is 14.2 Å². The fourth-order valence-corrected chi connectivity index (χ4v) is 4.44. The molecule has 1 N–H and O–H groups in total. The van der Waals surface area contributed by atoms with E-state index in [1.165, 1.54) is 30.6 Å². The van der Waals surface area contributed by atoms with Gasteiger partial charge in [-0.15, -0.1) is 11.3 Å². The van der Waals surface area contributed by atoms with Gasteiger partial charge in [0.25, 0.3) is 5.56 Å². The predicted octanol–water partition coefficient (Wildman–Crippen LogP) is 3.38. The number of aromatic nitrogens is 2. The number of ether oxygens (including phenoxy) is 1. The molecule has 0 radical (unpaired) electrons. The molecule has 1 aliphatic carbocycles. The number of thiophene rings is 1. The number of carbonyl (C=O) groups excluding carboxylic acids is 1. The minimum Gasteiger partial charge on any atom is -0.465 e. The Morgan fingerprint density at radius 2 is 2.04 bits per heavy atom. The van der Waals surface area contributed by atoms with E-state index in [0.717, 1.165) is 18.4 Å². The van der Waals surface area contributed by atoms with Crippen molar-refractivity contribution in [3.05, 3.63) is 62.3 Å². The van der Waals surface area contributed by atoms with Gasteiger partial charge in [0.2, 0.25) is 0 Å². The fourth-order valence-electron chi connectivity index (χ4n) is 3.32. The molecule has 1 fully saturated rings. The molecule has 0 atom stereocenters. The zero-order valence-electron chi connectivity index (χ0n) is 15.6. The van der Waals surface area contributed by atoms with Crippen molar-refractivity contribution in [2.75, 3.05) is 7.11 Å². The van der Waals surface area contributed by atoms with Gasteiger partial charge in [0.05, 0.1) is 19.0 Å². The average molecular weight is 401 g/mol. The lowest BCUT2D eigenvalue weighted by Crippen LogP contribution is -2.27. The number of halogens is 1. The second-order valence-electron chi connectivity index (χ2n) is 7.00. The standard InChI is InChI=1S/C20H20FN3O3S/c1-11-16-18(25)22-15(23-19(16)28-17(11)20(26)27-2)10-24(14-7-8-14)9-12-3-5-13(21)6-4-12/h3-6,14H,7-10H2,1-2H3,(H,22,23,25). The van der Waals surface area contributed by atoms with Crippen LogP contribution in [0.5, 0.6) is 0 Å². The van der Waals surface area contributed by atoms with Gasteiger partial charge >= 0.3 is 5.97 Å². The van der Waals surface area contributed by atoms with Crippen LogP contribution in [-0.4, -0.2) is 34.0 Å². The number of carbonyl (C=O) groups is 1. The summed E-state index contributed by atoms with van der Waals surface area (Å²) in [5, 5.41) is 0.436. The van der Waals surface area contributed by atoms with Gasteiger partial charge in [-0.3, -0.25) is 9.69 Å². The molecule has 6 nitrogen and oxygen atoms in total. The maximum atomic E-state index is 13.2. The molecule has 2 heterocycles. The van der Waals surface area contributed by atoms with Gasteiger partial charge in [0.1, 0.15) is 21.3 Å². The van der Waals surface area contributed by atoms with Gasteiger partial charge in [-0.1, -0.05) is 12.1 Å². The summed E-state index contributed by atoms with van der Waals surface area (Å²) in [4.78, 5) is 35.1. The molecular weight excluding hydrogens is 381 g/mol. The Labute approximate surface area is 165 Å². The number of aryl methyl sites for hydroxylation is 1. The largest absolute Gasteiger partial charge is 0.465 e. The first kappa shape index (κ1) is 18.8. The third kappa shape index (κ3) is 3.70. The number of rotatable bonds is 6. The van der Waals surface area contributed by atoms with E-state index in [-0.39, 0.29) is 11.4 Å². The third-order valence-corrected chi connectivity index (χ3v) is 6.10. The number of nitrogens with zero attached hydrogens (tertiary/aromatic N) is 2. The number of methoxy groups -OCH3 is 1. The SMILES string of the molecule is COC(=O)c1sc2nc(CN(Cc3ccc(F)cc3)C3CC3)[nH]c(=O)c2c1C. The van der Waals surface area contributed by atoms with Crippen LogP contribution in [0.3, 0.4) is 0 Å². The highest BCUT2D eigenvalue weighted by Crippen LogP contribution is 2.31. The van der Waals surface area contributed by atoms with E-state index in [2.05, 4.69) is 14.9 Å². The van der Waals surface area contributed by atoms with Gasteiger partial charge in [0.15, 0.2) is 0 Å². The lowest BCUT2D eigenvalue weighted by Gasteiger charge is -2.21. The van der Waals surface area contributed by atoms with Crippen LogP contribution >= 0.6 is 11.3 Å². The van der Waals surface area contributed by atoms with Crippen molar-refractivity contribution in [1.82, 2.24) is 14.9 Å². The number of nitrogens with one attached hydrogen (secondary N) is 1. The summed E-state index contributed by atoms with van der Waals surface area (Å²) in [5.74, 6) is -0.158. The zero-order chi connectivity index (χ0) is 19.8. The number of H-pyrrole nitrogens is 1. The Kier molecular flexibility index (Phi) is 4.99. The van der Waals surface area contributed by atoms with Crippen molar-refractivity contribution in [2.45, 2.75) is 38.9 Å². The van der Waals surface area contributed by atoms with Crippen LogP contribution < -0.4 is 5.56 Å². The summed E-state index contributed by atoms with van der Waals surface area (Å²) in [6.07, 6.45) is 2.19. The zero-order valence-corrected chi connectivity index (χ0v) is 16.4. The summed E-state index contributed by atoms with van der Waals surface area (Å²) < 4.78 is 17.9. The molecule has 0 amide bonds. The molecule has 0 aliphatic heterocycles. The minimum absolute atomic E-state index is 0.249. The molecule has 4 rings (SSSR count). The van der Waals surface area contributed by atoms with Crippen LogP contribution in [0.25, 0.3) is 10.2 Å². The average Bonchev–Trinajstić information content (AvgIpc) is 3.46. The van der Waals surface area contributed by atoms with Gasteiger partial charge in [-0.2, -0.15) is 0 Å². The Hall–Kier alpha value is -2.58. The fraction of sp³-hybridized carbons (Fsp3) is 0.350. The van der Waals surface area contributed by atoms with E-state index in [9.17, 15) is 14.0 Å². The van der Waals surface area contributed by atoms with E-state index in [0.29, 0.717) is 45.6 Å². The monoisotopic (exact) mass is 401 g/mol. The summed E-state index contributed by atoms with van der Waals surface area (Å²) >= 11 is 1.18. The normalized spacial score (nSPS) is 14.0. The molecule has 146 valence electrons. The number of fused-ring (bicyclic) bond motifs is 1. The second kappa shape index (κ2) is 7.44. The number of hydrogen-bond acceptors (Lipinski definition) is 6. The first-order valence-electron chi connectivity index (χ1n) is 9.05. The van der Waals surface area contributed by atoms with E-state index in [1.54, 1.807) is 19.1 Å². The predicted molar refractivity (Wildman–Crippen MR) is 105 cm³/mol. The van der Waals surface area contributed by atoms with Gasteiger partial charge in [-0.05, 0) is 43.0 Å². The van der Waals surface area contributed by atoms with Crippen molar-refractivity contribution in [2.24, 2.45) is 0 Å². The molecule has 1 saturated carbocycles. The van der Waals surface area contributed by atoms with Crippen LogP contribution in [0.15, 0.2) is 29.1 Å². The molecule has 0 unspecified atom stereocenters. The lowest BCUT2D eigenvalue weighted by atomic mass is 10.2. The van der Waals surface area contributed by atoms with Gasteiger partial charge < -0.3 is 9.72 Å². The van der Waals surface area contributed by atoms with Gasteiger partial charge in [0, 0.05) is 12.6 Å². The number of benzene rings is 1. The molecular formula is C20H20FN3O3S. The second-order valence-corrected chi connectivity index (χ2v) is 8.00.